The molecule has 1 saturated heterocycles. The van der Waals surface area contributed by atoms with Crippen molar-refractivity contribution in [1.29, 1.82) is 0 Å². The fourth-order valence-electron chi connectivity index (χ4n) is 3.80. The second kappa shape index (κ2) is 11.3. The molecular formula is C25H18F6N6O5. The van der Waals surface area contributed by atoms with Crippen LogP contribution in [-0.4, -0.2) is 55.9 Å². The predicted octanol–water partition coefficient (Wildman–Crippen LogP) is 5.33. The molecule has 4 heterocycles. The highest BCUT2D eigenvalue weighted by Gasteiger charge is 2.40. The molecule has 0 saturated carbocycles. The number of fused-ring (bicyclic) bond motifs is 1. The van der Waals surface area contributed by atoms with Crippen molar-refractivity contribution in [3.8, 4) is 11.5 Å². The minimum atomic E-state index is -5.08. The van der Waals surface area contributed by atoms with E-state index >= 15 is 0 Å². The van der Waals surface area contributed by atoms with Crippen LogP contribution in [-0.2, 0) is 22.2 Å². The van der Waals surface area contributed by atoms with Crippen molar-refractivity contribution in [3.63, 3.8) is 0 Å². The standard InChI is InChI=1S/C23H17F3N6O3.C2HF3O2/c1-2-13-7-15(3-4-18(13)35-19-5-6-28-21-17(19)11-29-30-21)32-20(33)12-31(22(32)34)16-8-14(9-27-10-16)23(24,25)26;3-2(4,5)1(6)7/h3-11H,2,12H2,1H3,(H,28,29,30);(H,6,7). The van der Waals surface area contributed by atoms with Gasteiger partial charge in [0.25, 0.3) is 5.91 Å². The number of aliphatic carboxylic acids is 1. The molecule has 0 unspecified atom stereocenters. The Bertz CT molecular complexity index is 1650. The zero-order valence-electron chi connectivity index (χ0n) is 21.2. The highest BCUT2D eigenvalue weighted by atomic mass is 19.4. The van der Waals surface area contributed by atoms with Crippen LogP contribution < -0.4 is 14.5 Å². The van der Waals surface area contributed by atoms with Gasteiger partial charge in [-0.1, -0.05) is 6.92 Å². The maximum Gasteiger partial charge on any atom is 0.490 e. The van der Waals surface area contributed by atoms with E-state index in [1.807, 2.05) is 6.92 Å². The van der Waals surface area contributed by atoms with Crippen LogP contribution in [0.25, 0.3) is 11.0 Å². The van der Waals surface area contributed by atoms with Crippen molar-refractivity contribution in [2.75, 3.05) is 16.3 Å². The number of carbonyl (C=O) groups is 3. The number of aromatic nitrogens is 4. The Labute approximate surface area is 231 Å². The summed E-state index contributed by atoms with van der Waals surface area (Å²) in [6, 6.07) is 6.55. The number of urea groups is 1. The molecule has 1 fully saturated rings. The number of aromatic amines is 1. The van der Waals surface area contributed by atoms with Crippen LogP contribution in [0.15, 0.2) is 55.1 Å². The van der Waals surface area contributed by atoms with Crippen molar-refractivity contribution < 1.29 is 50.6 Å². The molecule has 0 aliphatic carbocycles. The van der Waals surface area contributed by atoms with Crippen LogP contribution in [0.4, 0.5) is 42.5 Å². The maximum absolute atomic E-state index is 13.1. The van der Waals surface area contributed by atoms with E-state index in [0.29, 0.717) is 35.2 Å². The van der Waals surface area contributed by atoms with Crippen LogP contribution in [0.1, 0.15) is 18.1 Å². The molecule has 0 radical (unpaired) electrons. The third-order valence-corrected chi connectivity index (χ3v) is 5.79. The Morgan fingerprint density at radius 3 is 2.38 bits per heavy atom. The van der Waals surface area contributed by atoms with E-state index in [4.69, 9.17) is 14.6 Å². The first kappa shape index (κ1) is 29.8. The number of carboxylic acid groups (broad SMARTS) is 1. The van der Waals surface area contributed by atoms with Gasteiger partial charge in [0.2, 0.25) is 0 Å². The van der Waals surface area contributed by atoms with Crippen LogP contribution in [0.3, 0.4) is 0 Å². The molecule has 1 aliphatic rings. The number of carboxylic acids is 1. The number of hydrogen-bond acceptors (Lipinski definition) is 7. The first-order valence-electron chi connectivity index (χ1n) is 11.8. The summed E-state index contributed by atoms with van der Waals surface area (Å²) in [5.41, 5.74) is 0.449. The molecule has 220 valence electrons. The Kier molecular flexibility index (Phi) is 8.03. The van der Waals surface area contributed by atoms with Gasteiger partial charge in [-0.05, 0) is 42.3 Å². The van der Waals surface area contributed by atoms with E-state index in [1.54, 1.807) is 36.7 Å². The number of halogens is 6. The number of benzene rings is 1. The third kappa shape index (κ3) is 6.24. The van der Waals surface area contributed by atoms with Crippen molar-refractivity contribution in [3.05, 3.63) is 66.2 Å². The van der Waals surface area contributed by atoms with Gasteiger partial charge >= 0.3 is 24.4 Å². The minimum absolute atomic E-state index is 0.113. The Balaban J connectivity index is 0.000000517. The molecule has 0 bridgehead atoms. The van der Waals surface area contributed by atoms with Gasteiger partial charge < -0.3 is 9.84 Å². The molecule has 1 aliphatic heterocycles. The van der Waals surface area contributed by atoms with Gasteiger partial charge in [0.05, 0.1) is 34.7 Å². The van der Waals surface area contributed by atoms with Crippen molar-refractivity contribution >= 4 is 40.3 Å². The van der Waals surface area contributed by atoms with Crippen LogP contribution in [0, 0.1) is 0 Å². The average molecular weight is 596 g/mol. The molecule has 1 aromatic carbocycles. The second-order valence-corrected chi connectivity index (χ2v) is 8.52. The number of H-pyrrole nitrogens is 1. The number of nitrogens with one attached hydrogen (secondary N) is 1. The Hall–Kier alpha value is -5.22. The Morgan fingerprint density at radius 2 is 1.74 bits per heavy atom. The lowest BCUT2D eigenvalue weighted by atomic mass is 10.1. The molecule has 4 aromatic rings. The molecule has 3 aromatic heterocycles. The van der Waals surface area contributed by atoms with Gasteiger partial charge in [-0.25, -0.2) is 19.5 Å². The van der Waals surface area contributed by atoms with Crippen molar-refractivity contribution in [2.45, 2.75) is 25.7 Å². The first-order chi connectivity index (χ1) is 19.7. The number of ether oxygens (including phenoxy) is 1. The van der Waals surface area contributed by atoms with Crippen LogP contribution in [0.5, 0.6) is 11.5 Å². The minimum Gasteiger partial charge on any atom is -0.475 e. The van der Waals surface area contributed by atoms with E-state index in [1.165, 1.54) is 0 Å². The lowest BCUT2D eigenvalue weighted by Gasteiger charge is -2.19. The SMILES string of the molecule is CCc1cc(N2C(=O)CN(c3cncc(C(F)(F)F)c3)C2=O)ccc1Oc1ccnc2[nH]ncc12.O=C(O)C(F)(F)F. The van der Waals surface area contributed by atoms with E-state index in [0.717, 1.165) is 27.6 Å². The van der Waals surface area contributed by atoms with Gasteiger partial charge in [0.15, 0.2) is 5.65 Å². The first-order valence-corrected chi connectivity index (χ1v) is 11.8. The number of nitrogens with zero attached hydrogens (tertiary/aromatic N) is 5. The smallest absolute Gasteiger partial charge is 0.475 e. The summed E-state index contributed by atoms with van der Waals surface area (Å²) >= 11 is 0. The van der Waals surface area contributed by atoms with E-state index in [9.17, 15) is 35.9 Å². The highest BCUT2D eigenvalue weighted by Crippen LogP contribution is 2.35. The summed E-state index contributed by atoms with van der Waals surface area (Å²) in [6.07, 6.45) is -4.23. The number of carbonyl (C=O) groups excluding carboxylic acids is 2. The number of alkyl halides is 6. The summed E-state index contributed by atoms with van der Waals surface area (Å²) in [6.45, 7) is 1.48. The Morgan fingerprint density at radius 1 is 1.02 bits per heavy atom. The van der Waals surface area contributed by atoms with E-state index in [2.05, 4.69) is 20.2 Å². The number of rotatable bonds is 5. The molecule has 17 heteroatoms. The van der Waals surface area contributed by atoms with Gasteiger partial charge in [-0.15, -0.1) is 0 Å². The van der Waals surface area contributed by atoms with E-state index in [-0.39, 0.29) is 11.4 Å². The fraction of sp³-hybridized carbons (Fsp3) is 0.200. The molecule has 0 atom stereocenters. The maximum atomic E-state index is 13.1. The topological polar surface area (TPSA) is 142 Å². The van der Waals surface area contributed by atoms with Gasteiger partial charge in [0, 0.05) is 12.4 Å². The van der Waals surface area contributed by atoms with Crippen molar-refractivity contribution in [2.24, 2.45) is 0 Å². The van der Waals surface area contributed by atoms with Crippen molar-refractivity contribution in [1.82, 2.24) is 20.2 Å². The lowest BCUT2D eigenvalue weighted by molar-refractivity contribution is -0.192. The molecule has 3 amide bonds. The predicted molar refractivity (Wildman–Crippen MR) is 133 cm³/mol. The molecular weight excluding hydrogens is 578 g/mol. The number of imide groups is 1. The molecule has 5 rings (SSSR count). The number of pyridine rings is 2. The highest BCUT2D eigenvalue weighted by molar-refractivity contribution is 6.27. The van der Waals surface area contributed by atoms with Gasteiger partial charge in [-0.3, -0.25) is 19.8 Å². The van der Waals surface area contributed by atoms with Gasteiger partial charge in [0.1, 0.15) is 18.0 Å². The number of aryl methyl sites for hydroxylation is 1. The van der Waals surface area contributed by atoms with E-state index < -0.39 is 42.4 Å². The molecule has 0 spiro atoms. The lowest BCUT2D eigenvalue weighted by Crippen LogP contribution is -2.33. The quantitative estimate of drug-likeness (QED) is 0.233. The monoisotopic (exact) mass is 596 g/mol. The zero-order chi connectivity index (χ0) is 30.8. The summed E-state index contributed by atoms with van der Waals surface area (Å²) < 4.78 is 77.0. The largest absolute Gasteiger partial charge is 0.490 e. The average Bonchev–Trinajstić information content (AvgIpc) is 3.53. The summed E-state index contributed by atoms with van der Waals surface area (Å²) in [5.74, 6) is -2.28. The summed E-state index contributed by atoms with van der Waals surface area (Å²) in [4.78, 5) is 44.3. The van der Waals surface area contributed by atoms with Crippen LogP contribution >= 0.6 is 0 Å². The van der Waals surface area contributed by atoms with Gasteiger partial charge in [-0.2, -0.15) is 31.4 Å². The zero-order valence-corrected chi connectivity index (χ0v) is 21.2. The molecule has 42 heavy (non-hydrogen) atoms. The third-order valence-electron chi connectivity index (χ3n) is 5.79. The summed E-state index contributed by atoms with van der Waals surface area (Å²) in [5, 5.41) is 14.5. The number of hydrogen-bond donors (Lipinski definition) is 2. The normalized spacial score (nSPS) is 13.8. The van der Waals surface area contributed by atoms with Crippen LogP contribution in [0.2, 0.25) is 0 Å². The molecule has 11 nitrogen and oxygen atoms in total. The second-order valence-electron chi connectivity index (χ2n) is 8.52. The number of anilines is 2. The molecule has 2 N–H and O–H groups in total. The fourth-order valence-corrected chi connectivity index (χ4v) is 3.80. The number of amides is 3. The summed E-state index contributed by atoms with van der Waals surface area (Å²) in [7, 11) is 0.